The van der Waals surface area contributed by atoms with Crippen molar-refractivity contribution >= 4 is 0 Å². The number of rotatable bonds is 6. The first-order valence-electron chi connectivity index (χ1n) is 6.93. The van der Waals surface area contributed by atoms with Crippen molar-refractivity contribution in [1.29, 1.82) is 0 Å². The van der Waals surface area contributed by atoms with Gasteiger partial charge in [0.2, 0.25) is 0 Å². The molecule has 1 aromatic heterocycles. The molecule has 2 rings (SSSR count). The van der Waals surface area contributed by atoms with Crippen molar-refractivity contribution < 1.29 is 5.11 Å². The summed E-state index contributed by atoms with van der Waals surface area (Å²) in [7, 11) is 0. The summed E-state index contributed by atoms with van der Waals surface area (Å²) in [4.78, 5) is 0. The molecule has 1 fully saturated rings. The Kier molecular flexibility index (Phi) is 3.87. The third-order valence-corrected chi connectivity index (χ3v) is 3.71. The molecule has 0 aromatic carbocycles. The lowest BCUT2D eigenvalue weighted by Crippen LogP contribution is -2.07. The highest BCUT2D eigenvalue weighted by atomic mass is 16.3. The van der Waals surface area contributed by atoms with Gasteiger partial charge in [-0.15, -0.1) is 0 Å². The van der Waals surface area contributed by atoms with E-state index in [9.17, 15) is 5.11 Å². The molecule has 0 saturated heterocycles. The lowest BCUT2D eigenvalue weighted by Gasteiger charge is -2.09. The van der Waals surface area contributed by atoms with E-state index in [-0.39, 0.29) is 0 Å². The highest BCUT2D eigenvalue weighted by Crippen LogP contribution is 2.33. The molecule has 3 heteroatoms. The average Bonchev–Trinajstić information content (AvgIpc) is 3.05. The Morgan fingerprint density at radius 2 is 2.06 bits per heavy atom. The van der Waals surface area contributed by atoms with Gasteiger partial charge in [-0.05, 0) is 32.1 Å². The first-order chi connectivity index (χ1) is 8.17. The number of nitrogens with zero attached hydrogens (tertiary/aromatic N) is 2. The van der Waals surface area contributed by atoms with Crippen LogP contribution in [-0.2, 0) is 19.4 Å². The molecular formula is C14H24N2O. The van der Waals surface area contributed by atoms with Crippen molar-refractivity contribution in [3.8, 4) is 0 Å². The summed E-state index contributed by atoms with van der Waals surface area (Å²) in [5.41, 5.74) is 3.39. The van der Waals surface area contributed by atoms with E-state index >= 15 is 0 Å². The van der Waals surface area contributed by atoms with Crippen LogP contribution in [0, 0.1) is 5.92 Å². The van der Waals surface area contributed by atoms with Gasteiger partial charge in [-0.1, -0.05) is 26.7 Å². The van der Waals surface area contributed by atoms with E-state index in [0.717, 1.165) is 36.6 Å². The minimum Gasteiger partial charge on any atom is -0.389 e. The lowest BCUT2D eigenvalue weighted by atomic mass is 10.0. The molecule has 1 aliphatic carbocycles. The minimum atomic E-state index is -0.394. The maximum Gasteiger partial charge on any atom is 0.0798 e. The zero-order valence-corrected chi connectivity index (χ0v) is 11.2. The molecule has 3 nitrogen and oxygen atoms in total. The SMILES string of the molecule is CCc1nn(CCC2CC2)c(CC)c1C(C)O. The maximum absolute atomic E-state index is 9.90. The monoisotopic (exact) mass is 236 g/mol. The summed E-state index contributed by atoms with van der Waals surface area (Å²) in [5.74, 6) is 0.934. The molecular weight excluding hydrogens is 212 g/mol. The molecule has 0 spiro atoms. The standard InChI is InChI=1S/C14H24N2O/c1-4-12-14(10(3)17)13(5-2)16(15-12)9-8-11-6-7-11/h10-11,17H,4-9H2,1-3H3. The normalized spacial score (nSPS) is 17.4. The van der Waals surface area contributed by atoms with Crippen LogP contribution >= 0.6 is 0 Å². The molecule has 1 aromatic rings. The molecule has 0 bridgehead atoms. The third-order valence-electron chi connectivity index (χ3n) is 3.71. The number of hydrogen-bond donors (Lipinski definition) is 1. The van der Waals surface area contributed by atoms with Crippen molar-refractivity contribution in [2.24, 2.45) is 5.92 Å². The van der Waals surface area contributed by atoms with Gasteiger partial charge in [-0.3, -0.25) is 4.68 Å². The van der Waals surface area contributed by atoms with E-state index in [4.69, 9.17) is 0 Å². The van der Waals surface area contributed by atoms with E-state index in [1.807, 2.05) is 6.92 Å². The second-order valence-corrected chi connectivity index (χ2v) is 5.15. The van der Waals surface area contributed by atoms with Gasteiger partial charge in [0.05, 0.1) is 11.8 Å². The number of hydrogen-bond acceptors (Lipinski definition) is 2. The molecule has 0 radical (unpaired) electrons. The Morgan fingerprint density at radius 1 is 1.35 bits per heavy atom. The Hall–Kier alpha value is -0.830. The Morgan fingerprint density at radius 3 is 2.53 bits per heavy atom. The van der Waals surface area contributed by atoms with Gasteiger partial charge in [0.25, 0.3) is 0 Å². The van der Waals surface area contributed by atoms with Crippen molar-refractivity contribution in [3.63, 3.8) is 0 Å². The van der Waals surface area contributed by atoms with Crippen LogP contribution in [0.3, 0.4) is 0 Å². The zero-order chi connectivity index (χ0) is 12.4. The summed E-state index contributed by atoms with van der Waals surface area (Å²) < 4.78 is 2.14. The fourth-order valence-corrected chi connectivity index (χ4v) is 2.58. The molecule has 1 N–H and O–H groups in total. The fourth-order valence-electron chi connectivity index (χ4n) is 2.58. The summed E-state index contributed by atoms with van der Waals surface area (Å²) in [6.45, 7) is 7.13. The summed E-state index contributed by atoms with van der Waals surface area (Å²) in [6, 6.07) is 0. The van der Waals surface area contributed by atoms with Crippen LogP contribution in [0.2, 0.25) is 0 Å². The predicted octanol–water partition coefficient (Wildman–Crippen LogP) is 2.86. The van der Waals surface area contributed by atoms with E-state index < -0.39 is 6.10 Å². The topological polar surface area (TPSA) is 38.0 Å². The van der Waals surface area contributed by atoms with Crippen LogP contribution in [-0.4, -0.2) is 14.9 Å². The summed E-state index contributed by atoms with van der Waals surface area (Å²) >= 11 is 0. The Labute approximate surface area is 104 Å². The van der Waals surface area contributed by atoms with Gasteiger partial charge in [0.15, 0.2) is 0 Å². The zero-order valence-electron chi connectivity index (χ0n) is 11.2. The van der Waals surface area contributed by atoms with E-state index in [2.05, 4.69) is 23.6 Å². The van der Waals surface area contributed by atoms with Gasteiger partial charge >= 0.3 is 0 Å². The molecule has 1 unspecified atom stereocenters. The molecule has 1 saturated carbocycles. The van der Waals surface area contributed by atoms with Crippen molar-refractivity contribution in [1.82, 2.24) is 9.78 Å². The van der Waals surface area contributed by atoms with Gasteiger partial charge < -0.3 is 5.11 Å². The number of aliphatic hydroxyl groups is 1. The van der Waals surface area contributed by atoms with Crippen LogP contribution in [0.5, 0.6) is 0 Å². The van der Waals surface area contributed by atoms with Gasteiger partial charge in [0, 0.05) is 17.8 Å². The average molecular weight is 236 g/mol. The van der Waals surface area contributed by atoms with Crippen LogP contribution in [0.1, 0.15) is 63.1 Å². The van der Waals surface area contributed by atoms with Crippen LogP contribution in [0.15, 0.2) is 0 Å². The highest BCUT2D eigenvalue weighted by molar-refractivity contribution is 5.28. The highest BCUT2D eigenvalue weighted by Gasteiger charge is 2.23. The molecule has 1 atom stereocenters. The lowest BCUT2D eigenvalue weighted by molar-refractivity contribution is 0.197. The van der Waals surface area contributed by atoms with Crippen molar-refractivity contribution in [2.45, 2.75) is 65.5 Å². The number of aryl methyl sites for hydroxylation is 2. The number of aliphatic hydroxyl groups excluding tert-OH is 1. The minimum absolute atomic E-state index is 0.394. The van der Waals surface area contributed by atoms with E-state index in [1.165, 1.54) is 25.0 Å². The van der Waals surface area contributed by atoms with Crippen LogP contribution < -0.4 is 0 Å². The molecule has 17 heavy (non-hydrogen) atoms. The Bertz CT molecular complexity index is 378. The molecule has 0 amide bonds. The van der Waals surface area contributed by atoms with Crippen LogP contribution in [0.4, 0.5) is 0 Å². The van der Waals surface area contributed by atoms with Gasteiger partial charge in [0.1, 0.15) is 0 Å². The fraction of sp³-hybridized carbons (Fsp3) is 0.786. The number of aromatic nitrogens is 2. The molecule has 1 aliphatic rings. The third kappa shape index (κ3) is 2.71. The first-order valence-corrected chi connectivity index (χ1v) is 6.93. The molecule has 96 valence electrons. The summed E-state index contributed by atoms with van der Waals surface area (Å²) in [6.07, 6.45) is 5.51. The largest absolute Gasteiger partial charge is 0.389 e. The van der Waals surface area contributed by atoms with Gasteiger partial charge in [-0.2, -0.15) is 5.10 Å². The van der Waals surface area contributed by atoms with Gasteiger partial charge in [-0.25, -0.2) is 0 Å². The maximum atomic E-state index is 9.90. The van der Waals surface area contributed by atoms with Crippen molar-refractivity contribution in [3.05, 3.63) is 17.0 Å². The molecule has 1 heterocycles. The van der Waals surface area contributed by atoms with Crippen LogP contribution in [0.25, 0.3) is 0 Å². The smallest absolute Gasteiger partial charge is 0.0798 e. The first kappa shape index (κ1) is 12.6. The molecule has 0 aliphatic heterocycles. The Balaban J connectivity index is 2.23. The second-order valence-electron chi connectivity index (χ2n) is 5.15. The summed E-state index contributed by atoms with van der Waals surface area (Å²) in [5, 5.41) is 14.6. The van der Waals surface area contributed by atoms with E-state index in [1.54, 1.807) is 0 Å². The predicted molar refractivity (Wildman–Crippen MR) is 69.0 cm³/mol. The van der Waals surface area contributed by atoms with Crippen molar-refractivity contribution in [2.75, 3.05) is 0 Å². The van der Waals surface area contributed by atoms with E-state index in [0.29, 0.717) is 0 Å². The quantitative estimate of drug-likeness (QED) is 0.824. The second kappa shape index (κ2) is 5.21.